The summed E-state index contributed by atoms with van der Waals surface area (Å²) >= 11 is 2.46. The minimum atomic E-state index is -1.35. The van der Waals surface area contributed by atoms with Gasteiger partial charge < -0.3 is 25.9 Å². The molecule has 3 atom stereocenters. The summed E-state index contributed by atoms with van der Waals surface area (Å²) in [5.74, 6) is -3.00. The molecule has 15 nitrogen and oxygen atoms in total. The van der Waals surface area contributed by atoms with Gasteiger partial charge in [0, 0.05) is 29.0 Å². The third-order valence-corrected chi connectivity index (χ3v) is 11.1. The molecule has 0 spiro atoms. The van der Waals surface area contributed by atoms with Gasteiger partial charge in [-0.1, -0.05) is 101 Å². The number of nitrogens with one attached hydrogen (secondary N) is 3. The molecule has 4 heterocycles. The number of anilines is 1. The van der Waals surface area contributed by atoms with Crippen LogP contribution in [0.1, 0.15) is 28.8 Å². The Balaban J connectivity index is 1.22. The first-order valence-electron chi connectivity index (χ1n) is 16.5. The Labute approximate surface area is 310 Å². The zero-order valence-corrected chi connectivity index (χ0v) is 29.4. The van der Waals surface area contributed by atoms with Gasteiger partial charge in [-0.3, -0.25) is 19.3 Å². The van der Waals surface area contributed by atoms with Crippen LogP contribution < -0.4 is 16.0 Å². The number of thiazole rings is 1. The first-order valence-corrected chi connectivity index (χ1v) is 18.4. The predicted molar refractivity (Wildman–Crippen MR) is 198 cm³/mol. The lowest BCUT2D eigenvalue weighted by Crippen LogP contribution is -2.71. The molecule has 2 fully saturated rings. The number of carbonyl (C=O) groups is 4. The fourth-order valence-corrected chi connectivity index (χ4v) is 8.59. The van der Waals surface area contributed by atoms with Crippen LogP contribution in [0, 0.1) is 0 Å². The molecule has 4 aromatic rings. The van der Waals surface area contributed by atoms with Crippen LogP contribution in [0.5, 0.6) is 0 Å². The number of carboxylic acid groups (broad SMARTS) is 1. The number of benzene rings is 3. The number of hydrogen-bond acceptors (Lipinski definition) is 11. The van der Waals surface area contributed by atoms with E-state index in [-0.39, 0.29) is 35.3 Å². The summed E-state index contributed by atoms with van der Waals surface area (Å²) in [5.41, 5.74) is 10.5. The molecule has 3 aliphatic rings. The standard InChI is InChI=1S/C36H31N9O6S2/c37-44-39-18-21-19-52-33-28(32(48)45(33)29(21)34(49)50)41-31(47)27(43-51-26-16-17-38-30(26)46)25-20-53-35(40-25)42-36(22-10-4-1-5-11-22,23-12-6-2-7-13-23)24-14-8-3-9-15-24/h1-15,20,26,28,33H,16-19H2,(H,38,46)(H,40,42)(H,41,47)(H,49,50)/b43-27-/t26?,28?,33-/m1/s1. The summed E-state index contributed by atoms with van der Waals surface area (Å²) in [6.45, 7) is 0.181. The maximum Gasteiger partial charge on any atom is 0.352 e. The van der Waals surface area contributed by atoms with Gasteiger partial charge in [-0.25, -0.2) is 9.78 Å². The largest absolute Gasteiger partial charge is 0.477 e. The van der Waals surface area contributed by atoms with Gasteiger partial charge in [0.1, 0.15) is 28.3 Å². The topological polar surface area (TPSA) is 211 Å². The zero-order chi connectivity index (χ0) is 37.0. The van der Waals surface area contributed by atoms with Gasteiger partial charge in [-0.05, 0) is 27.8 Å². The van der Waals surface area contributed by atoms with E-state index in [2.05, 4.69) is 31.1 Å². The van der Waals surface area contributed by atoms with Gasteiger partial charge >= 0.3 is 5.97 Å². The quantitative estimate of drug-likeness (QED) is 0.0293. The summed E-state index contributed by atoms with van der Waals surface area (Å²) in [4.78, 5) is 65.9. The number of azide groups is 1. The van der Waals surface area contributed by atoms with Gasteiger partial charge in [-0.2, -0.15) is 0 Å². The fourth-order valence-electron chi connectivity index (χ4n) is 6.51. The highest BCUT2D eigenvalue weighted by molar-refractivity contribution is 8.00. The van der Waals surface area contributed by atoms with Gasteiger partial charge in [0.25, 0.3) is 17.7 Å². The Morgan fingerprint density at radius 1 is 1.02 bits per heavy atom. The summed E-state index contributed by atoms with van der Waals surface area (Å²) < 4.78 is 0. The maximum atomic E-state index is 14.0. The first-order chi connectivity index (χ1) is 25.8. The number of rotatable bonds is 13. The average Bonchev–Trinajstić information content (AvgIpc) is 3.83. The van der Waals surface area contributed by atoms with Crippen LogP contribution in [0.2, 0.25) is 0 Å². The smallest absolute Gasteiger partial charge is 0.352 e. The van der Waals surface area contributed by atoms with E-state index in [1.54, 1.807) is 5.38 Å². The molecule has 0 radical (unpaired) electrons. The van der Waals surface area contributed by atoms with E-state index < -0.39 is 40.8 Å². The number of nitrogens with zero attached hydrogens (tertiary/aromatic N) is 6. The molecule has 0 aliphatic carbocycles. The first kappa shape index (κ1) is 35.3. The molecule has 3 amide bonds. The molecule has 3 aromatic carbocycles. The summed E-state index contributed by atoms with van der Waals surface area (Å²) in [5, 5.41) is 27.8. The van der Waals surface area contributed by atoms with E-state index >= 15 is 0 Å². The van der Waals surface area contributed by atoms with E-state index in [1.807, 2.05) is 91.0 Å². The number of carbonyl (C=O) groups excluding carboxylic acids is 3. The Hall–Kier alpha value is -6.16. The second-order valence-corrected chi connectivity index (χ2v) is 14.1. The third kappa shape index (κ3) is 6.80. The Morgan fingerprint density at radius 3 is 2.19 bits per heavy atom. The molecule has 268 valence electrons. The van der Waals surface area contributed by atoms with Gasteiger partial charge in [0.05, 0.1) is 6.54 Å². The molecule has 17 heteroatoms. The van der Waals surface area contributed by atoms with Crippen molar-refractivity contribution in [2.75, 3.05) is 24.2 Å². The Bertz CT molecular complexity index is 2060. The second-order valence-electron chi connectivity index (χ2n) is 12.1. The third-order valence-electron chi connectivity index (χ3n) is 9.01. The molecule has 2 saturated heterocycles. The molecule has 2 unspecified atom stereocenters. The van der Waals surface area contributed by atoms with Crippen molar-refractivity contribution < 1.29 is 29.1 Å². The van der Waals surface area contributed by atoms with Crippen LogP contribution in [0.15, 0.2) is 118 Å². The van der Waals surface area contributed by atoms with E-state index in [9.17, 15) is 24.3 Å². The number of aliphatic carboxylic acids is 1. The molecule has 0 bridgehead atoms. The molecule has 53 heavy (non-hydrogen) atoms. The van der Waals surface area contributed by atoms with E-state index in [4.69, 9.17) is 15.4 Å². The number of hydrogen-bond donors (Lipinski definition) is 4. The minimum absolute atomic E-state index is 0.124. The van der Waals surface area contributed by atoms with Gasteiger partial charge in [-0.15, -0.1) is 23.1 Å². The maximum absolute atomic E-state index is 14.0. The lowest BCUT2D eigenvalue weighted by molar-refractivity contribution is -0.150. The Kier molecular flexibility index (Phi) is 10.1. The Morgan fingerprint density at radius 2 is 1.64 bits per heavy atom. The number of aromatic nitrogens is 1. The van der Waals surface area contributed by atoms with Crippen LogP contribution in [0.25, 0.3) is 10.4 Å². The van der Waals surface area contributed by atoms with Crippen molar-refractivity contribution >= 4 is 57.6 Å². The SMILES string of the molecule is [N-]=[N+]=NCC1=C(C(=O)O)N2C(=O)C(NC(=O)/C(=N\OC3CCNC3=O)c3csc(NC(c4ccccc4)(c4ccccc4)c4ccccc4)n3)[C@H]2SC1. The van der Waals surface area contributed by atoms with Gasteiger partial charge in [0.2, 0.25) is 6.10 Å². The van der Waals surface area contributed by atoms with Crippen LogP contribution in [-0.4, -0.2) is 80.8 Å². The van der Waals surface area contributed by atoms with E-state index in [1.165, 1.54) is 23.1 Å². The zero-order valence-electron chi connectivity index (χ0n) is 27.8. The number of thioether (sulfide) groups is 1. The molecule has 3 aliphatic heterocycles. The number of amides is 3. The number of fused-ring (bicyclic) bond motifs is 1. The lowest BCUT2D eigenvalue weighted by atomic mass is 9.77. The van der Waals surface area contributed by atoms with Crippen molar-refractivity contribution in [1.29, 1.82) is 0 Å². The highest BCUT2D eigenvalue weighted by atomic mass is 32.2. The van der Waals surface area contributed by atoms with Crippen molar-refractivity contribution in [2.45, 2.75) is 29.5 Å². The van der Waals surface area contributed by atoms with Crippen molar-refractivity contribution in [1.82, 2.24) is 20.5 Å². The highest BCUT2D eigenvalue weighted by Gasteiger charge is 2.54. The monoisotopic (exact) mass is 749 g/mol. The normalized spacial score (nSPS) is 19.7. The van der Waals surface area contributed by atoms with Crippen molar-refractivity contribution in [3.05, 3.63) is 140 Å². The molecule has 4 N–H and O–H groups in total. The fraction of sp³-hybridized carbons (Fsp3) is 0.222. The minimum Gasteiger partial charge on any atom is -0.477 e. The highest BCUT2D eigenvalue weighted by Crippen LogP contribution is 2.42. The van der Waals surface area contributed by atoms with Crippen LogP contribution in [0.4, 0.5) is 5.13 Å². The molecule has 7 rings (SSSR count). The van der Waals surface area contributed by atoms with E-state index in [0.717, 1.165) is 21.6 Å². The predicted octanol–water partition coefficient (Wildman–Crippen LogP) is 4.21. The molecular weight excluding hydrogens is 719 g/mol. The molecule has 1 aromatic heterocycles. The number of β-lactam (4-membered cyclic amide) rings is 1. The van der Waals surface area contributed by atoms with Crippen molar-refractivity contribution in [3.63, 3.8) is 0 Å². The summed E-state index contributed by atoms with van der Waals surface area (Å²) in [7, 11) is 0. The van der Waals surface area contributed by atoms with Crippen molar-refractivity contribution in [3.8, 4) is 0 Å². The van der Waals surface area contributed by atoms with Crippen LogP contribution in [0.3, 0.4) is 0 Å². The molecule has 0 saturated carbocycles. The lowest BCUT2D eigenvalue weighted by Gasteiger charge is -2.49. The van der Waals surface area contributed by atoms with E-state index in [0.29, 0.717) is 23.7 Å². The average molecular weight is 750 g/mol. The summed E-state index contributed by atoms with van der Waals surface area (Å²) in [6, 6.07) is 28.6. The van der Waals surface area contributed by atoms with Crippen LogP contribution >= 0.6 is 23.1 Å². The second kappa shape index (κ2) is 15.2. The number of oxime groups is 1. The van der Waals surface area contributed by atoms with Crippen LogP contribution in [-0.2, 0) is 29.6 Å². The van der Waals surface area contributed by atoms with Crippen molar-refractivity contribution in [2.24, 2.45) is 10.3 Å². The number of carboxylic acids is 1. The van der Waals surface area contributed by atoms with Gasteiger partial charge in [0.15, 0.2) is 10.8 Å². The molecular formula is C36H31N9O6S2. The summed E-state index contributed by atoms with van der Waals surface area (Å²) in [6.07, 6.45) is -0.588.